The Bertz CT molecular complexity index is 332. The molecular formula is C10H10Br2O3. The molecule has 15 heavy (non-hydrogen) atoms. The number of carbonyl (C=O) groups is 1. The van der Waals surface area contributed by atoms with Crippen molar-refractivity contribution in [2.75, 3.05) is 13.2 Å². The highest BCUT2D eigenvalue weighted by Crippen LogP contribution is 2.20. The predicted molar refractivity (Wildman–Crippen MR) is 64.0 cm³/mol. The van der Waals surface area contributed by atoms with Crippen molar-refractivity contribution in [3.8, 4) is 0 Å². The fourth-order valence-corrected chi connectivity index (χ4v) is 2.49. The van der Waals surface area contributed by atoms with Crippen LogP contribution in [0.1, 0.15) is 5.56 Å². The van der Waals surface area contributed by atoms with Gasteiger partial charge in [0.1, 0.15) is 6.61 Å². The Morgan fingerprint density at radius 2 is 1.87 bits per heavy atom. The number of hydrogen-bond acceptors (Lipinski definition) is 2. The molecule has 0 aliphatic carbocycles. The maximum absolute atomic E-state index is 10.2. The third-order valence-electron chi connectivity index (χ3n) is 1.68. The molecule has 82 valence electrons. The van der Waals surface area contributed by atoms with Crippen LogP contribution in [0.3, 0.4) is 0 Å². The van der Waals surface area contributed by atoms with Gasteiger partial charge in [-0.2, -0.15) is 0 Å². The van der Waals surface area contributed by atoms with Gasteiger partial charge in [0.2, 0.25) is 0 Å². The molecule has 0 unspecified atom stereocenters. The molecule has 1 aromatic rings. The van der Waals surface area contributed by atoms with E-state index in [4.69, 9.17) is 9.84 Å². The molecule has 1 N–H and O–H groups in total. The molecule has 0 aromatic heterocycles. The average molecular weight is 338 g/mol. The third kappa shape index (κ3) is 5.30. The summed E-state index contributed by atoms with van der Waals surface area (Å²) >= 11 is 6.76. The summed E-state index contributed by atoms with van der Waals surface area (Å²) in [6.07, 6.45) is 0.700. The molecule has 0 spiro atoms. The molecular weight excluding hydrogens is 328 g/mol. The monoisotopic (exact) mass is 336 g/mol. The van der Waals surface area contributed by atoms with Crippen molar-refractivity contribution < 1.29 is 14.6 Å². The van der Waals surface area contributed by atoms with Crippen molar-refractivity contribution in [2.24, 2.45) is 0 Å². The molecule has 1 rings (SSSR count). The number of hydrogen-bond donors (Lipinski definition) is 1. The van der Waals surface area contributed by atoms with Crippen molar-refractivity contribution >= 4 is 37.8 Å². The van der Waals surface area contributed by atoms with Gasteiger partial charge >= 0.3 is 5.97 Å². The molecule has 0 aliphatic heterocycles. The Morgan fingerprint density at radius 3 is 2.40 bits per heavy atom. The van der Waals surface area contributed by atoms with Crippen molar-refractivity contribution in [2.45, 2.75) is 6.42 Å². The van der Waals surface area contributed by atoms with Gasteiger partial charge in [-0.25, -0.2) is 4.79 Å². The van der Waals surface area contributed by atoms with E-state index in [1.165, 1.54) is 0 Å². The molecule has 0 amide bonds. The fourth-order valence-electron chi connectivity index (χ4n) is 1.10. The summed E-state index contributed by atoms with van der Waals surface area (Å²) in [5.41, 5.74) is 1.10. The van der Waals surface area contributed by atoms with E-state index in [2.05, 4.69) is 31.9 Å². The molecule has 0 fully saturated rings. The van der Waals surface area contributed by atoms with Gasteiger partial charge in [0.05, 0.1) is 6.61 Å². The first-order valence-electron chi connectivity index (χ1n) is 4.32. The van der Waals surface area contributed by atoms with Crippen LogP contribution in [0.4, 0.5) is 0 Å². The summed E-state index contributed by atoms with van der Waals surface area (Å²) in [6, 6.07) is 5.91. The SMILES string of the molecule is O=C(O)COCCc1cc(Br)cc(Br)c1. The third-order valence-corrected chi connectivity index (χ3v) is 2.60. The standard InChI is InChI=1S/C10H10Br2O3/c11-8-3-7(4-9(12)5-8)1-2-15-6-10(13)14/h3-5H,1-2,6H2,(H,13,14). The van der Waals surface area contributed by atoms with E-state index in [9.17, 15) is 4.79 Å². The molecule has 0 heterocycles. The number of carboxylic acid groups (broad SMARTS) is 1. The predicted octanol–water partition coefficient (Wildman–Crippen LogP) is 2.86. The van der Waals surface area contributed by atoms with E-state index in [0.717, 1.165) is 14.5 Å². The van der Waals surface area contributed by atoms with Crippen LogP contribution in [0.5, 0.6) is 0 Å². The minimum Gasteiger partial charge on any atom is -0.480 e. The van der Waals surface area contributed by atoms with Crippen molar-refractivity contribution in [1.29, 1.82) is 0 Å². The molecule has 0 saturated heterocycles. The van der Waals surface area contributed by atoms with E-state index in [0.29, 0.717) is 13.0 Å². The van der Waals surface area contributed by atoms with Crippen LogP contribution in [-0.2, 0) is 16.0 Å². The van der Waals surface area contributed by atoms with Crippen LogP contribution in [0, 0.1) is 0 Å². The minimum absolute atomic E-state index is 0.241. The van der Waals surface area contributed by atoms with Gasteiger partial charge < -0.3 is 9.84 Å². The van der Waals surface area contributed by atoms with Gasteiger partial charge in [-0.3, -0.25) is 0 Å². The highest BCUT2D eigenvalue weighted by atomic mass is 79.9. The number of benzene rings is 1. The van der Waals surface area contributed by atoms with Crippen molar-refractivity contribution in [3.05, 3.63) is 32.7 Å². The summed E-state index contributed by atoms with van der Waals surface area (Å²) in [6.45, 7) is 0.171. The minimum atomic E-state index is -0.939. The Kier molecular flexibility index (Phi) is 5.28. The zero-order valence-electron chi connectivity index (χ0n) is 7.87. The lowest BCUT2D eigenvalue weighted by atomic mass is 10.2. The van der Waals surface area contributed by atoms with Crippen LogP contribution in [0.25, 0.3) is 0 Å². The Balaban J connectivity index is 2.40. The van der Waals surface area contributed by atoms with Gasteiger partial charge in [0.15, 0.2) is 0 Å². The maximum Gasteiger partial charge on any atom is 0.329 e. The lowest BCUT2D eigenvalue weighted by molar-refractivity contribution is -0.142. The summed E-state index contributed by atoms with van der Waals surface area (Å²) in [4.78, 5) is 10.2. The zero-order valence-corrected chi connectivity index (χ0v) is 11.0. The smallest absolute Gasteiger partial charge is 0.329 e. The second-order valence-corrected chi connectivity index (χ2v) is 4.81. The lowest BCUT2D eigenvalue weighted by Crippen LogP contribution is -2.09. The normalized spacial score (nSPS) is 10.3. The second-order valence-electron chi connectivity index (χ2n) is 2.97. The quantitative estimate of drug-likeness (QED) is 0.840. The van der Waals surface area contributed by atoms with Crippen LogP contribution in [-0.4, -0.2) is 24.3 Å². The second kappa shape index (κ2) is 6.25. The fraction of sp³-hybridized carbons (Fsp3) is 0.300. The van der Waals surface area contributed by atoms with E-state index >= 15 is 0 Å². The summed E-state index contributed by atoms with van der Waals surface area (Å²) in [5.74, 6) is -0.939. The number of carboxylic acids is 1. The van der Waals surface area contributed by atoms with Crippen LogP contribution in [0.15, 0.2) is 27.1 Å². The van der Waals surface area contributed by atoms with Crippen molar-refractivity contribution in [1.82, 2.24) is 0 Å². The van der Waals surface area contributed by atoms with Gasteiger partial charge in [-0.05, 0) is 30.2 Å². The number of aliphatic carboxylic acids is 1. The zero-order chi connectivity index (χ0) is 11.3. The van der Waals surface area contributed by atoms with Crippen LogP contribution < -0.4 is 0 Å². The molecule has 1 aromatic carbocycles. The van der Waals surface area contributed by atoms with E-state index < -0.39 is 5.97 Å². The summed E-state index contributed by atoms with van der Waals surface area (Å²) in [7, 11) is 0. The topological polar surface area (TPSA) is 46.5 Å². The number of rotatable bonds is 5. The summed E-state index contributed by atoms with van der Waals surface area (Å²) < 4.78 is 6.93. The number of halogens is 2. The number of ether oxygens (including phenoxy) is 1. The van der Waals surface area contributed by atoms with E-state index in [-0.39, 0.29) is 6.61 Å². The lowest BCUT2D eigenvalue weighted by Gasteiger charge is -2.03. The van der Waals surface area contributed by atoms with Gasteiger partial charge in [0, 0.05) is 8.95 Å². The summed E-state index contributed by atoms with van der Waals surface area (Å²) in [5, 5.41) is 8.36. The van der Waals surface area contributed by atoms with Gasteiger partial charge in [-0.1, -0.05) is 31.9 Å². The first-order valence-corrected chi connectivity index (χ1v) is 5.91. The molecule has 0 aliphatic rings. The van der Waals surface area contributed by atoms with Gasteiger partial charge in [-0.15, -0.1) is 0 Å². The Labute approximate surface area is 105 Å². The Morgan fingerprint density at radius 1 is 1.27 bits per heavy atom. The van der Waals surface area contributed by atoms with Crippen LogP contribution in [0.2, 0.25) is 0 Å². The molecule has 0 saturated carbocycles. The molecule has 0 atom stereocenters. The maximum atomic E-state index is 10.2. The van der Waals surface area contributed by atoms with E-state index in [1.54, 1.807) is 0 Å². The largest absolute Gasteiger partial charge is 0.480 e. The van der Waals surface area contributed by atoms with Crippen LogP contribution >= 0.6 is 31.9 Å². The highest BCUT2D eigenvalue weighted by Gasteiger charge is 1.99. The Hall–Kier alpha value is -0.390. The highest BCUT2D eigenvalue weighted by molar-refractivity contribution is 9.11. The molecule has 5 heteroatoms. The first kappa shape index (κ1) is 12.7. The van der Waals surface area contributed by atoms with Gasteiger partial charge in [0.25, 0.3) is 0 Å². The van der Waals surface area contributed by atoms with Crippen molar-refractivity contribution in [3.63, 3.8) is 0 Å². The molecule has 0 radical (unpaired) electrons. The average Bonchev–Trinajstić information content (AvgIpc) is 2.10. The van der Waals surface area contributed by atoms with E-state index in [1.807, 2.05) is 18.2 Å². The molecule has 3 nitrogen and oxygen atoms in total. The first-order chi connectivity index (χ1) is 7.08. The molecule has 0 bridgehead atoms.